The average Bonchev–Trinajstić information content (AvgIpc) is 2.28. The van der Waals surface area contributed by atoms with Gasteiger partial charge in [0.2, 0.25) is 0 Å². The summed E-state index contributed by atoms with van der Waals surface area (Å²) in [4.78, 5) is 9.78. The summed E-state index contributed by atoms with van der Waals surface area (Å²) in [6, 6.07) is 0. The van der Waals surface area contributed by atoms with Gasteiger partial charge in [0.25, 0.3) is 0 Å². The Morgan fingerprint density at radius 3 is 1.50 bits per heavy atom. The molecule has 20 heavy (non-hydrogen) atoms. The molecule has 1 heterocycles. The molecule has 1 saturated heterocycles. The van der Waals surface area contributed by atoms with E-state index in [0.29, 0.717) is 0 Å². The fourth-order valence-electron chi connectivity index (χ4n) is 2.53. The van der Waals surface area contributed by atoms with Crippen molar-refractivity contribution in [2.45, 2.75) is 34.1 Å². The Morgan fingerprint density at radius 2 is 1.15 bits per heavy atom. The molecular formula is C16H40N4. The van der Waals surface area contributed by atoms with Crippen molar-refractivity contribution in [2.75, 3.05) is 74.1 Å². The zero-order chi connectivity index (χ0) is 13.4. The van der Waals surface area contributed by atoms with Crippen molar-refractivity contribution in [3.05, 3.63) is 0 Å². The minimum Gasteiger partial charge on any atom is -0.309 e. The van der Waals surface area contributed by atoms with Gasteiger partial charge in [0, 0.05) is 26.2 Å². The van der Waals surface area contributed by atoms with Gasteiger partial charge in [-0.3, -0.25) is 9.80 Å². The van der Waals surface area contributed by atoms with Gasteiger partial charge in [-0.2, -0.15) is 0 Å². The fourth-order valence-corrected chi connectivity index (χ4v) is 2.53. The Morgan fingerprint density at radius 1 is 0.750 bits per heavy atom. The zero-order valence-corrected chi connectivity index (χ0v) is 12.9. The van der Waals surface area contributed by atoms with Gasteiger partial charge in [0.15, 0.2) is 0 Å². The lowest BCUT2D eigenvalue weighted by atomic mass is 10.2. The second kappa shape index (κ2) is 12.6. The summed E-state index contributed by atoms with van der Waals surface area (Å²) in [5.74, 6) is 0. The molecule has 0 unspecified atom stereocenters. The Bertz CT molecular complexity index is 187. The second-order valence-electron chi connectivity index (χ2n) is 6.04. The van der Waals surface area contributed by atoms with Crippen LogP contribution in [0.1, 0.15) is 34.1 Å². The molecule has 1 fully saturated rings. The molecule has 1 rings (SSSR count). The van der Waals surface area contributed by atoms with Gasteiger partial charge in [-0.25, -0.2) is 0 Å². The van der Waals surface area contributed by atoms with Crippen molar-refractivity contribution in [1.82, 2.24) is 19.6 Å². The van der Waals surface area contributed by atoms with Gasteiger partial charge in [-0.1, -0.05) is 14.9 Å². The van der Waals surface area contributed by atoms with E-state index in [2.05, 4.69) is 47.8 Å². The van der Waals surface area contributed by atoms with Crippen LogP contribution in [-0.2, 0) is 0 Å². The van der Waals surface area contributed by atoms with E-state index in [-0.39, 0.29) is 14.9 Å². The predicted molar refractivity (Wildman–Crippen MR) is 92.4 cm³/mol. The van der Waals surface area contributed by atoms with Crippen LogP contribution in [0.15, 0.2) is 0 Å². The van der Waals surface area contributed by atoms with Crippen molar-refractivity contribution in [3.8, 4) is 0 Å². The quantitative estimate of drug-likeness (QED) is 0.678. The fraction of sp³-hybridized carbons (Fsp3) is 1.00. The summed E-state index contributed by atoms with van der Waals surface area (Å²) in [5, 5.41) is 0. The van der Waals surface area contributed by atoms with Crippen LogP contribution in [0.4, 0.5) is 0 Å². The topological polar surface area (TPSA) is 13.0 Å². The molecule has 0 aromatic rings. The van der Waals surface area contributed by atoms with Crippen molar-refractivity contribution >= 4 is 0 Å². The summed E-state index contributed by atoms with van der Waals surface area (Å²) >= 11 is 0. The first-order valence-corrected chi connectivity index (χ1v) is 7.32. The van der Waals surface area contributed by atoms with E-state index < -0.39 is 0 Å². The Balaban J connectivity index is 0. The van der Waals surface area contributed by atoms with E-state index in [1.807, 2.05) is 0 Å². The van der Waals surface area contributed by atoms with Crippen molar-refractivity contribution in [3.63, 3.8) is 0 Å². The highest BCUT2D eigenvalue weighted by Gasteiger charge is 2.16. The molecule has 0 N–H and O–H groups in total. The first kappa shape index (κ1) is 22.1. The maximum absolute atomic E-state index is 2.61. The van der Waals surface area contributed by atoms with Gasteiger partial charge in [-0.15, -0.1) is 0 Å². The number of rotatable bonds is 8. The van der Waals surface area contributed by atoms with E-state index in [0.717, 1.165) is 0 Å². The first-order chi connectivity index (χ1) is 8.58. The van der Waals surface area contributed by atoms with Crippen LogP contribution >= 0.6 is 0 Å². The minimum absolute atomic E-state index is 0. The SMILES string of the molecule is C.C.CN(C)CCCN1CCCN(CCCN(C)C)C1. The predicted octanol–water partition coefficient (Wildman–Crippen LogP) is 2.13. The van der Waals surface area contributed by atoms with Gasteiger partial charge in [-0.05, 0) is 60.5 Å². The third-order valence-corrected chi connectivity index (χ3v) is 3.51. The maximum atomic E-state index is 2.61. The maximum Gasteiger partial charge on any atom is 0.0506 e. The minimum atomic E-state index is 0. The number of nitrogens with zero attached hydrogens (tertiary/aromatic N) is 4. The van der Waals surface area contributed by atoms with Crippen molar-refractivity contribution in [1.29, 1.82) is 0 Å². The molecule has 0 bridgehead atoms. The van der Waals surface area contributed by atoms with E-state index in [1.54, 1.807) is 0 Å². The lowest BCUT2D eigenvalue weighted by molar-refractivity contribution is 0.0808. The molecule has 0 radical (unpaired) electrons. The van der Waals surface area contributed by atoms with Crippen LogP contribution in [0.3, 0.4) is 0 Å². The highest BCUT2D eigenvalue weighted by atomic mass is 15.3. The molecule has 0 aromatic heterocycles. The van der Waals surface area contributed by atoms with E-state index in [9.17, 15) is 0 Å². The molecule has 4 heteroatoms. The average molecular weight is 289 g/mol. The molecule has 0 aromatic carbocycles. The molecule has 124 valence electrons. The zero-order valence-electron chi connectivity index (χ0n) is 12.9. The summed E-state index contributed by atoms with van der Waals surface area (Å²) in [5.41, 5.74) is 0. The molecule has 0 spiro atoms. The third-order valence-electron chi connectivity index (χ3n) is 3.51. The van der Waals surface area contributed by atoms with Gasteiger partial charge in [0.1, 0.15) is 0 Å². The summed E-state index contributed by atoms with van der Waals surface area (Å²) in [7, 11) is 8.63. The molecule has 1 aliphatic heterocycles. The van der Waals surface area contributed by atoms with Crippen LogP contribution in [0.5, 0.6) is 0 Å². The van der Waals surface area contributed by atoms with Gasteiger partial charge >= 0.3 is 0 Å². The van der Waals surface area contributed by atoms with E-state index in [1.165, 1.54) is 65.2 Å². The van der Waals surface area contributed by atoms with Crippen LogP contribution in [0.25, 0.3) is 0 Å². The number of hydrogen-bond acceptors (Lipinski definition) is 4. The van der Waals surface area contributed by atoms with Crippen molar-refractivity contribution < 1.29 is 0 Å². The lowest BCUT2D eigenvalue weighted by Gasteiger charge is -2.36. The first-order valence-electron chi connectivity index (χ1n) is 7.32. The molecule has 1 aliphatic rings. The Kier molecular flexibility index (Phi) is 13.9. The monoisotopic (exact) mass is 288 g/mol. The van der Waals surface area contributed by atoms with Crippen LogP contribution in [-0.4, -0.2) is 93.7 Å². The van der Waals surface area contributed by atoms with Gasteiger partial charge < -0.3 is 9.80 Å². The molecule has 0 atom stereocenters. The van der Waals surface area contributed by atoms with Crippen molar-refractivity contribution in [2.24, 2.45) is 0 Å². The van der Waals surface area contributed by atoms with E-state index >= 15 is 0 Å². The third kappa shape index (κ3) is 10.6. The summed E-state index contributed by atoms with van der Waals surface area (Å²) in [6.45, 7) is 8.68. The Hall–Kier alpha value is -0.160. The molecule has 0 saturated carbocycles. The molecular weight excluding hydrogens is 248 g/mol. The highest BCUT2D eigenvalue weighted by molar-refractivity contribution is 4.69. The smallest absolute Gasteiger partial charge is 0.0506 e. The number of hydrogen-bond donors (Lipinski definition) is 0. The second-order valence-corrected chi connectivity index (χ2v) is 6.04. The van der Waals surface area contributed by atoms with Crippen LogP contribution in [0, 0.1) is 0 Å². The standard InChI is InChI=1S/C14H32N4.2CH4/c1-15(2)8-5-10-17-12-7-13-18(14-17)11-6-9-16(3)4;;/h5-14H2,1-4H3;2*1H4. The van der Waals surface area contributed by atoms with Crippen LogP contribution < -0.4 is 0 Å². The Labute approximate surface area is 128 Å². The summed E-state index contributed by atoms with van der Waals surface area (Å²) in [6.07, 6.45) is 3.92. The van der Waals surface area contributed by atoms with Crippen LogP contribution in [0.2, 0.25) is 0 Å². The molecule has 0 amide bonds. The van der Waals surface area contributed by atoms with E-state index in [4.69, 9.17) is 0 Å². The van der Waals surface area contributed by atoms with Gasteiger partial charge in [0.05, 0.1) is 6.67 Å². The molecule has 4 nitrogen and oxygen atoms in total. The largest absolute Gasteiger partial charge is 0.309 e. The molecule has 0 aliphatic carbocycles. The lowest BCUT2D eigenvalue weighted by Crippen LogP contribution is -2.46. The normalized spacial score (nSPS) is 17.1. The highest BCUT2D eigenvalue weighted by Crippen LogP contribution is 2.07. The summed E-state index contributed by atoms with van der Waals surface area (Å²) < 4.78 is 0.